The summed E-state index contributed by atoms with van der Waals surface area (Å²) in [5, 5.41) is 12.2. The Balaban J connectivity index is 2.50. The number of nitrogens with one attached hydrogen (secondary N) is 1. The van der Waals surface area contributed by atoms with Crippen LogP contribution in [0.15, 0.2) is 12.4 Å². The van der Waals surface area contributed by atoms with Crippen molar-refractivity contribution in [3.05, 3.63) is 12.4 Å². The van der Waals surface area contributed by atoms with Gasteiger partial charge in [-0.05, 0) is 6.42 Å². The summed E-state index contributed by atoms with van der Waals surface area (Å²) in [6.45, 7) is 2.35. The fraction of sp³-hybridized carbons (Fsp3) is 0.500. The predicted octanol–water partition coefficient (Wildman–Crippen LogP) is 0.242. The van der Waals surface area contributed by atoms with Gasteiger partial charge in [0.1, 0.15) is 0 Å². The van der Waals surface area contributed by atoms with Crippen molar-refractivity contribution in [2.24, 2.45) is 0 Å². The number of aliphatic hydroxyl groups excluding tert-OH is 1. The van der Waals surface area contributed by atoms with Gasteiger partial charge in [0.05, 0.1) is 6.10 Å². The largest absolute Gasteiger partial charge is 0.391 e. The molecule has 1 heterocycles. The van der Waals surface area contributed by atoms with Crippen LogP contribution in [0.4, 0.5) is 11.6 Å². The fourth-order valence-corrected chi connectivity index (χ4v) is 0.844. The summed E-state index contributed by atoms with van der Waals surface area (Å²) in [6.07, 6.45) is 3.41. The number of aromatic nitrogens is 2. The van der Waals surface area contributed by atoms with Crippen molar-refractivity contribution in [2.75, 3.05) is 17.6 Å². The molecule has 72 valence electrons. The van der Waals surface area contributed by atoms with Crippen molar-refractivity contribution < 1.29 is 5.11 Å². The van der Waals surface area contributed by atoms with E-state index in [0.29, 0.717) is 24.6 Å². The lowest BCUT2D eigenvalue weighted by atomic mass is 10.3. The van der Waals surface area contributed by atoms with Crippen molar-refractivity contribution in [1.29, 1.82) is 0 Å². The van der Waals surface area contributed by atoms with Crippen LogP contribution in [0.25, 0.3) is 0 Å². The van der Waals surface area contributed by atoms with Gasteiger partial charge in [-0.25, -0.2) is 9.97 Å². The molecule has 0 amide bonds. The molecule has 1 aromatic rings. The van der Waals surface area contributed by atoms with E-state index in [1.807, 2.05) is 6.92 Å². The summed E-state index contributed by atoms with van der Waals surface area (Å²) in [5.74, 6) is 0.876. The first-order chi connectivity index (χ1) is 6.24. The topological polar surface area (TPSA) is 84.1 Å². The quantitative estimate of drug-likeness (QED) is 0.621. The van der Waals surface area contributed by atoms with Gasteiger partial charge in [-0.1, -0.05) is 6.92 Å². The van der Waals surface area contributed by atoms with Gasteiger partial charge in [-0.2, -0.15) is 0 Å². The highest BCUT2D eigenvalue weighted by Gasteiger charge is 2.03. The maximum Gasteiger partial charge on any atom is 0.169 e. The van der Waals surface area contributed by atoms with Crippen molar-refractivity contribution in [3.63, 3.8) is 0 Å². The minimum absolute atomic E-state index is 0.353. The number of nitrogen functional groups attached to an aromatic ring is 1. The molecule has 0 saturated carbocycles. The van der Waals surface area contributed by atoms with Gasteiger partial charge in [-0.15, -0.1) is 0 Å². The van der Waals surface area contributed by atoms with E-state index in [4.69, 9.17) is 5.73 Å². The standard InChI is InChI=1S/C8H14N4O/c1-2-6(13)5-12-8-7(9)10-3-4-11-8/h3-4,6,13H,2,5H2,1H3,(H2,9,10)(H,11,12). The molecule has 5 heteroatoms. The van der Waals surface area contributed by atoms with E-state index in [0.717, 1.165) is 0 Å². The first kappa shape index (κ1) is 9.73. The summed E-state index contributed by atoms with van der Waals surface area (Å²) < 4.78 is 0. The normalized spacial score (nSPS) is 12.5. The lowest BCUT2D eigenvalue weighted by molar-refractivity contribution is 0.183. The molecule has 1 atom stereocenters. The van der Waals surface area contributed by atoms with Crippen LogP contribution < -0.4 is 11.1 Å². The van der Waals surface area contributed by atoms with Crippen LogP contribution in [0.3, 0.4) is 0 Å². The monoisotopic (exact) mass is 182 g/mol. The Bertz CT molecular complexity index is 266. The average molecular weight is 182 g/mol. The minimum atomic E-state index is -0.374. The molecule has 0 aliphatic carbocycles. The summed E-state index contributed by atoms with van der Waals surface area (Å²) in [6, 6.07) is 0. The molecule has 0 aliphatic rings. The van der Waals surface area contributed by atoms with Crippen LogP contribution in [0.2, 0.25) is 0 Å². The molecule has 4 N–H and O–H groups in total. The lowest BCUT2D eigenvalue weighted by Crippen LogP contribution is -2.19. The van der Waals surface area contributed by atoms with Crippen LogP contribution in [0.1, 0.15) is 13.3 Å². The van der Waals surface area contributed by atoms with E-state index in [9.17, 15) is 5.11 Å². The second-order valence-corrected chi connectivity index (χ2v) is 2.73. The zero-order chi connectivity index (χ0) is 9.68. The summed E-state index contributed by atoms with van der Waals surface area (Å²) in [5.41, 5.74) is 5.53. The van der Waals surface area contributed by atoms with E-state index in [-0.39, 0.29) is 6.10 Å². The first-order valence-corrected chi connectivity index (χ1v) is 4.22. The van der Waals surface area contributed by atoms with E-state index in [1.165, 1.54) is 6.20 Å². The van der Waals surface area contributed by atoms with Crippen LogP contribution in [0.5, 0.6) is 0 Å². The Hall–Kier alpha value is -1.36. The van der Waals surface area contributed by atoms with E-state index in [1.54, 1.807) is 6.20 Å². The highest BCUT2D eigenvalue weighted by molar-refractivity contribution is 5.54. The molecule has 1 unspecified atom stereocenters. The Morgan fingerprint density at radius 3 is 2.85 bits per heavy atom. The predicted molar refractivity (Wildman–Crippen MR) is 51.2 cm³/mol. The SMILES string of the molecule is CCC(O)CNc1nccnc1N. The number of nitrogens with two attached hydrogens (primary N) is 1. The molecule has 0 saturated heterocycles. The molecule has 0 spiro atoms. The lowest BCUT2D eigenvalue weighted by Gasteiger charge is -2.10. The number of hydrogen-bond donors (Lipinski definition) is 3. The van der Waals surface area contributed by atoms with Gasteiger partial charge < -0.3 is 16.2 Å². The molecule has 5 nitrogen and oxygen atoms in total. The second-order valence-electron chi connectivity index (χ2n) is 2.73. The van der Waals surface area contributed by atoms with Gasteiger partial charge >= 0.3 is 0 Å². The third-order valence-corrected chi connectivity index (χ3v) is 1.70. The van der Waals surface area contributed by atoms with Crippen molar-refractivity contribution in [1.82, 2.24) is 9.97 Å². The van der Waals surface area contributed by atoms with Gasteiger partial charge in [0, 0.05) is 18.9 Å². The van der Waals surface area contributed by atoms with Crippen LogP contribution in [0, 0.1) is 0 Å². The molecule has 1 aromatic heterocycles. The molecule has 0 bridgehead atoms. The number of hydrogen-bond acceptors (Lipinski definition) is 5. The maximum absolute atomic E-state index is 9.26. The third-order valence-electron chi connectivity index (χ3n) is 1.70. The Morgan fingerprint density at radius 2 is 2.23 bits per heavy atom. The van der Waals surface area contributed by atoms with Crippen LogP contribution in [-0.2, 0) is 0 Å². The van der Waals surface area contributed by atoms with Gasteiger partial charge in [0.25, 0.3) is 0 Å². The molecule has 0 radical (unpaired) electrons. The fourth-order valence-electron chi connectivity index (χ4n) is 0.844. The smallest absolute Gasteiger partial charge is 0.169 e. The molecular weight excluding hydrogens is 168 g/mol. The number of rotatable bonds is 4. The molecule has 0 fully saturated rings. The van der Waals surface area contributed by atoms with Gasteiger partial charge in [0.2, 0.25) is 0 Å². The van der Waals surface area contributed by atoms with Gasteiger partial charge in [-0.3, -0.25) is 0 Å². The zero-order valence-electron chi connectivity index (χ0n) is 7.57. The molecule has 0 aliphatic heterocycles. The van der Waals surface area contributed by atoms with E-state index >= 15 is 0 Å². The average Bonchev–Trinajstić information content (AvgIpc) is 2.16. The van der Waals surface area contributed by atoms with Gasteiger partial charge in [0.15, 0.2) is 11.6 Å². The molecule has 13 heavy (non-hydrogen) atoms. The number of anilines is 2. The molecule has 1 rings (SSSR count). The maximum atomic E-state index is 9.26. The Labute approximate surface area is 77.0 Å². The Morgan fingerprint density at radius 1 is 1.54 bits per heavy atom. The highest BCUT2D eigenvalue weighted by Crippen LogP contribution is 2.09. The van der Waals surface area contributed by atoms with E-state index in [2.05, 4.69) is 15.3 Å². The second kappa shape index (κ2) is 4.61. The van der Waals surface area contributed by atoms with Crippen LogP contribution >= 0.6 is 0 Å². The minimum Gasteiger partial charge on any atom is -0.391 e. The number of aliphatic hydroxyl groups is 1. The number of nitrogens with zero attached hydrogens (tertiary/aromatic N) is 2. The zero-order valence-corrected chi connectivity index (χ0v) is 7.57. The summed E-state index contributed by atoms with van der Waals surface area (Å²) in [4.78, 5) is 7.83. The molecule has 0 aromatic carbocycles. The first-order valence-electron chi connectivity index (χ1n) is 4.22. The van der Waals surface area contributed by atoms with Crippen LogP contribution in [-0.4, -0.2) is 27.7 Å². The molecular formula is C8H14N4O. The Kier molecular flexibility index (Phi) is 3.45. The van der Waals surface area contributed by atoms with Crippen molar-refractivity contribution in [3.8, 4) is 0 Å². The third kappa shape index (κ3) is 2.87. The summed E-state index contributed by atoms with van der Waals surface area (Å²) in [7, 11) is 0. The summed E-state index contributed by atoms with van der Waals surface area (Å²) >= 11 is 0. The highest BCUT2D eigenvalue weighted by atomic mass is 16.3. The van der Waals surface area contributed by atoms with E-state index < -0.39 is 0 Å². The van der Waals surface area contributed by atoms with Crippen molar-refractivity contribution >= 4 is 11.6 Å². The van der Waals surface area contributed by atoms with Crippen molar-refractivity contribution in [2.45, 2.75) is 19.4 Å².